The Labute approximate surface area is 246 Å². The standard InChI is InChI=1S/C30H30F2N6O5/c1-4-23(39)36-19-6-5-16(21-14-33-9-10-43-21)11-20(19)35-22-12-18-17(13-34-22)15-38(29(40)30(18)7-8-30)26-24(31)27(41-2)37-28(42-3)25(26)32/h4-6,11-13,21,33H,1,7-10,14-15H2,2-3H3,(H,34,35)(H,36,39). The monoisotopic (exact) mass is 592 g/mol. The zero-order valence-corrected chi connectivity index (χ0v) is 23.6. The second-order valence-electron chi connectivity index (χ2n) is 10.5. The van der Waals surface area contributed by atoms with Crippen molar-refractivity contribution in [2.24, 2.45) is 0 Å². The molecule has 3 N–H and O–H groups in total. The average molecular weight is 593 g/mol. The number of fused-ring (bicyclic) bond motifs is 2. The number of aromatic nitrogens is 2. The van der Waals surface area contributed by atoms with Gasteiger partial charge in [0, 0.05) is 19.3 Å². The maximum absolute atomic E-state index is 15.3. The van der Waals surface area contributed by atoms with Crippen molar-refractivity contribution in [3.8, 4) is 11.8 Å². The summed E-state index contributed by atoms with van der Waals surface area (Å²) in [6, 6.07) is 7.32. The van der Waals surface area contributed by atoms with Crippen LogP contribution < -0.4 is 30.3 Å². The van der Waals surface area contributed by atoms with Gasteiger partial charge in [0.05, 0.1) is 50.3 Å². The Bertz CT molecular complexity index is 1590. The van der Waals surface area contributed by atoms with Crippen molar-refractivity contribution in [2.45, 2.75) is 30.9 Å². The second-order valence-corrected chi connectivity index (χ2v) is 10.5. The first kappa shape index (κ1) is 28.5. The van der Waals surface area contributed by atoms with E-state index < -0.39 is 40.4 Å². The molecule has 1 aromatic carbocycles. The van der Waals surface area contributed by atoms with Crippen molar-refractivity contribution in [1.82, 2.24) is 15.3 Å². The fourth-order valence-electron chi connectivity index (χ4n) is 5.60. The molecule has 224 valence electrons. The third kappa shape index (κ3) is 5.04. The minimum absolute atomic E-state index is 0.116. The number of nitrogens with one attached hydrogen (secondary N) is 3. The van der Waals surface area contributed by atoms with Crippen LogP contribution in [-0.4, -0.2) is 55.7 Å². The highest BCUT2D eigenvalue weighted by Crippen LogP contribution is 2.55. The van der Waals surface area contributed by atoms with Gasteiger partial charge in [-0.25, -0.2) is 4.98 Å². The number of hydrogen-bond acceptors (Lipinski definition) is 9. The van der Waals surface area contributed by atoms with E-state index in [4.69, 9.17) is 14.2 Å². The number of pyridine rings is 2. The van der Waals surface area contributed by atoms with Crippen molar-refractivity contribution in [1.29, 1.82) is 0 Å². The van der Waals surface area contributed by atoms with Crippen LogP contribution in [-0.2, 0) is 26.3 Å². The smallest absolute Gasteiger partial charge is 0.255 e. The molecule has 1 atom stereocenters. The largest absolute Gasteiger partial charge is 0.479 e. The molecule has 1 unspecified atom stereocenters. The predicted octanol–water partition coefficient (Wildman–Crippen LogP) is 3.88. The van der Waals surface area contributed by atoms with Gasteiger partial charge in [-0.05, 0) is 53.8 Å². The lowest BCUT2D eigenvalue weighted by atomic mass is 9.86. The summed E-state index contributed by atoms with van der Waals surface area (Å²) in [4.78, 5) is 35.3. The number of ether oxygens (including phenoxy) is 3. The van der Waals surface area contributed by atoms with Crippen molar-refractivity contribution < 1.29 is 32.6 Å². The van der Waals surface area contributed by atoms with Crippen LogP contribution in [0.25, 0.3) is 0 Å². The summed E-state index contributed by atoms with van der Waals surface area (Å²) >= 11 is 0. The number of morpholine rings is 1. The van der Waals surface area contributed by atoms with Gasteiger partial charge in [0.2, 0.25) is 23.4 Å². The first-order chi connectivity index (χ1) is 20.8. The molecule has 3 aromatic rings. The molecular weight excluding hydrogens is 562 g/mol. The number of carbonyl (C=O) groups is 2. The maximum atomic E-state index is 15.3. The molecule has 3 aliphatic rings. The van der Waals surface area contributed by atoms with Crippen LogP contribution in [0.3, 0.4) is 0 Å². The van der Waals surface area contributed by atoms with Gasteiger partial charge in [0.25, 0.3) is 11.8 Å². The number of halogens is 2. The van der Waals surface area contributed by atoms with Gasteiger partial charge in [0.15, 0.2) is 0 Å². The van der Waals surface area contributed by atoms with Gasteiger partial charge in [-0.2, -0.15) is 13.8 Å². The normalized spacial score (nSPS) is 18.6. The molecule has 11 nitrogen and oxygen atoms in total. The topological polar surface area (TPSA) is 127 Å². The molecule has 2 amide bonds. The summed E-state index contributed by atoms with van der Waals surface area (Å²) in [6.45, 7) is 5.40. The van der Waals surface area contributed by atoms with Crippen LogP contribution in [0.1, 0.15) is 35.6 Å². The summed E-state index contributed by atoms with van der Waals surface area (Å²) < 4.78 is 46.5. The van der Waals surface area contributed by atoms with E-state index in [0.717, 1.165) is 22.6 Å². The van der Waals surface area contributed by atoms with Gasteiger partial charge < -0.3 is 35.1 Å². The summed E-state index contributed by atoms with van der Waals surface area (Å²) in [5.41, 5.74) is 1.82. The van der Waals surface area contributed by atoms with Crippen LogP contribution in [0.15, 0.2) is 43.1 Å². The van der Waals surface area contributed by atoms with E-state index in [1.807, 2.05) is 12.1 Å². The number of methoxy groups -OCH3 is 2. The molecular formula is C30H30F2N6O5. The molecule has 2 aliphatic heterocycles. The molecule has 0 radical (unpaired) electrons. The molecule has 1 saturated heterocycles. The number of carbonyl (C=O) groups excluding carboxylic acids is 2. The highest BCUT2D eigenvalue weighted by molar-refractivity contribution is 6.05. The second kappa shape index (κ2) is 11.2. The van der Waals surface area contributed by atoms with E-state index in [1.165, 1.54) is 20.3 Å². The van der Waals surface area contributed by atoms with Crippen LogP contribution >= 0.6 is 0 Å². The molecule has 1 aliphatic carbocycles. The number of hydrogen-bond donors (Lipinski definition) is 3. The predicted molar refractivity (Wildman–Crippen MR) is 154 cm³/mol. The average Bonchev–Trinajstić information content (AvgIpc) is 3.83. The van der Waals surface area contributed by atoms with E-state index in [2.05, 4.69) is 32.5 Å². The zero-order chi connectivity index (χ0) is 30.3. The van der Waals surface area contributed by atoms with Gasteiger partial charge in [-0.1, -0.05) is 12.6 Å². The first-order valence-corrected chi connectivity index (χ1v) is 13.7. The molecule has 43 heavy (non-hydrogen) atoms. The summed E-state index contributed by atoms with van der Waals surface area (Å²) in [7, 11) is 2.40. The van der Waals surface area contributed by atoms with E-state index in [9.17, 15) is 9.59 Å². The highest BCUT2D eigenvalue weighted by atomic mass is 19.1. The quantitative estimate of drug-likeness (QED) is 0.334. The number of benzene rings is 1. The summed E-state index contributed by atoms with van der Waals surface area (Å²) in [6.07, 6.45) is 3.60. The summed E-state index contributed by atoms with van der Waals surface area (Å²) in [5.74, 6) is -3.53. The van der Waals surface area contributed by atoms with Gasteiger partial charge >= 0.3 is 0 Å². The molecule has 1 saturated carbocycles. The Kier molecular flexibility index (Phi) is 7.44. The van der Waals surface area contributed by atoms with Crippen LogP contribution in [0, 0.1) is 11.6 Å². The SMILES string of the molecule is C=CC(=O)Nc1ccc(C2CNCCO2)cc1Nc1cc2c(cn1)CN(c1c(F)c(OC)nc(OC)c1F)C(=O)C21CC1. The Morgan fingerprint density at radius 1 is 1.19 bits per heavy atom. The van der Waals surface area contributed by atoms with Crippen molar-refractivity contribution >= 4 is 34.7 Å². The van der Waals surface area contributed by atoms with Gasteiger partial charge in [0.1, 0.15) is 11.5 Å². The minimum Gasteiger partial charge on any atom is -0.479 e. The Hall–Kier alpha value is -4.62. The third-order valence-corrected chi connectivity index (χ3v) is 7.94. The van der Waals surface area contributed by atoms with E-state index in [-0.39, 0.29) is 18.6 Å². The van der Waals surface area contributed by atoms with Gasteiger partial charge in [-0.15, -0.1) is 0 Å². The molecule has 2 aromatic heterocycles. The van der Waals surface area contributed by atoms with Crippen molar-refractivity contribution in [3.63, 3.8) is 0 Å². The third-order valence-electron chi connectivity index (χ3n) is 7.94. The molecule has 1 spiro atoms. The number of rotatable bonds is 8. The number of nitrogens with zero attached hydrogens (tertiary/aromatic N) is 3. The fraction of sp³-hybridized carbons (Fsp3) is 0.333. The van der Waals surface area contributed by atoms with Crippen LogP contribution in [0.5, 0.6) is 11.8 Å². The lowest BCUT2D eigenvalue weighted by molar-refractivity contribution is -0.121. The van der Waals surface area contributed by atoms with E-state index in [0.29, 0.717) is 48.7 Å². The Morgan fingerprint density at radius 2 is 1.93 bits per heavy atom. The summed E-state index contributed by atoms with van der Waals surface area (Å²) in [5, 5.41) is 9.39. The maximum Gasteiger partial charge on any atom is 0.255 e. The van der Waals surface area contributed by atoms with E-state index in [1.54, 1.807) is 18.3 Å². The zero-order valence-electron chi connectivity index (χ0n) is 23.6. The molecule has 0 bridgehead atoms. The van der Waals surface area contributed by atoms with Crippen LogP contribution in [0.2, 0.25) is 0 Å². The van der Waals surface area contributed by atoms with Crippen molar-refractivity contribution in [3.05, 3.63) is 71.4 Å². The Morgan fingerprint density at radius 3 is 2.56 bits per heavy atom. The number of anilines is 4. The minimum atomic E-state index is -1.09. The molecule has 13 heteroatoms. The van der Waals surface area contributed by atoms with E-state index >= 15 is 8.78 Å². The fourth-order valence-corrected chi connectivity index (χ4v) is 5.60. The van der Waals surface area contributed by atoms with Crippen molar-refractivity contribution in [2.75, 3.05) is 49.4 Å². The Balaban J connectivity index is 1.36. The lowest BCUT2D eigenvalue weighted by Gasteiger charge is -2.35. The lowest BCUT2D eigenvalue weighted by Crippen LogP contribution is -2.45. The first-order valence-electron chi connectivity index (χ1n) is 13.7. The highest BCUT2D eigenvalue weighted by Gasteiger charge is 2.57. The molecule has 2 fully saturated rings. The van der Waals surface area contributed by atoms with Crippen LogP contribution in [0.4, 0.5) is 31.7 Å². The molecule has 6 rings (SSSR count). The van der Waals surface area contributed by atoms with Gasteiger partial charge in [-0.3, -0.25) is 9.59 Å². The molecule has 4 heterocycles. The number of amides is 2.